The van der Waals surface area contributed by atoms with Crippen molar-refractivity contribution in [3.63, 3.8) is 0 Å². The standard InChI is InChI=1S/C26H25Cl2N5O2S2/c1-5-8-33-24(17(4)35-19-10-15(2)9-16(3)11-19)31-32-26(33)37-14-23(34)30-25-29-22(13-36-25)20-7-6-18(27)12-21(20)28/h5-7,9-13,17H,1,8,14H2,2-4H3,(H,29,30,34). The molecule has 1 atom stereocenters. The fourth-order valence-corrected chi connectivity index (χ4v) is 5.69. The summed E-state index contributed by atoms with van der Waals surface area (Å²) < 4.78 is 8.06. The number of halogens is 2. The second kappa shape index (κ2) is 12.1. The number of hydrogen-bond donors (Lipinski definition) is 1. The minimum atomic E-state index is -0.342. The van der Waals surface area contributed by atoms with Crippen molar-refractivity contribution in [2.45, 2.75) is 38.6 Å². The zero-order chi connectivity index (χ0) is 26.5. The lowest BCUT2D eigenvalue weighted by Crippen LogP contribution is -2.15. The topological polar surface area (TPSA) is 81.9 Å². The molecule has 0 saturated heterocycles. The molecule has 4 aromatic rings. The van der Waals surface area contributed by atoms with E-state index in [0.29, 0.717) is 38.4 Å². The number of anilines is 1. The van der Waals surface area contributed by atoms with Gasteiger partial charge in [0.05, 0.1) is 16.5 Å². The minimum Gasteiger partial charge on any atom is -0.483 e. The Labute approximate surface area is 233 Å². The maximum Gasteiger partial charge on any atom is 0.236 e. The number of thiazole rings is 1. The van der Waals surface area contributed by atoms with Crippen LogP contribution in [0.15, 0.2) is 59.6 Å². The molecule has 7 nitrogen and oxygen atoms in total. The molecule has 0 aliphatic heterocycles. The lowest BCUT2D eigenvalue weighted by Gasteiger charge is -2.16. The number of thioether (sulfide) groups is 1. The van der Waals surface area contributed by atoms with Gasteiger partial charge in [-0.1, -0.05) is 47.1 Å². The highest BCUT2D eigenvalue weighted by Gasteiger charge is 2.20. The van der Waals surface area contributed by atoms with Gasteiger partial charge in [-0.05, 0) is 62.2 Å². The number of carbonyl (C=O) groups is 1. The van der Waals surface area contributed by atoms with E-state index in [1.807, 2.05) is 42.9 Å². The van der Waals surface area contributed by atoms with Crippen LogP contribution in [0.2, 0.25) is 10.0 Å². The summed E-state index contributed by atoms with van der Waals surface area (Å²) in [5.41, 5.74) is 3.67. The van der Waals surface area contributed by atoms with Crippen LogP contribution in [0.1, 0.15) is 30.0 Å². The van der Waals surface area contributed by atoms with Gasteiger partial charge < -0.3 is 10.1 Å². The Bertz CT molecular complexity index is 1420. The molecule has 0 fully saturated rings. The van der Waals surface area contributed by atoms with E-state index < -0.39 is 0 Å². The number of allylic oxidation sites excluding steroid dienone is 1. The van der Waals surface area contributed by atoms with E-state index in [0.717, 1.165) is 22.4 Å². The summed E-state index contributed by atoms with van der Waals surface area (Å²) in [4.78, 5) is 17.1. The first-order valence-corrected chi connectivity index (χ1v) is 14.0. The van der Waals surface area contributed by atoms with E-state index in [1.54, 1.807) is 24.3 Å². The van der Waals surface area contributed by atoms with Gasteiger partial charge in [-0.25, -0.2) is 4.98 Å². The third-order valence-electron chi connectivity index (χ3n) is 5.22. The number of rotatable bonds is 10. The Hall–Kier alpha value is -2.85. The molecule has 1 amide bonds. The van der Waals surface area contributed by atoms with Crippen LogP contribution in [-0.2, 0) is 11.3 Å². The highest BCUT2D eigenvalue weighted by atomic mass is 35.5. The van der Waals surface area contributed by atoms with Crippen LogP contribution in [-0.4, -0.2) is 31.4 Å². The molecule has 11 heteroatoms. The SMILES string of the molecule is C=CCn1c(SCC(=O)Nc2nc(-c3ccc(Cl)cc3Cl)cs2)nnc1C(C)Oc1cc(C)cc(C)c1. The second-order valence-corrected chi connectivity index (χ2v) is 11.0. The van der Waals surface area contributed by atoms with Gasteiger partial charge in [0.15, 0.2) is 22.2 Å². The third-order valence-corrected chi connectivity index (χ3v) is 7.49. The number of aryl methyl sites for hydroxylation is 2. The lowest BCUT2D eigenvalue weighted by atomic mass is 10.1. The molecule has 2 aromatic heterocycles. The minimum absolute atomic E-state index is 0.137. The molecule has 37 heavy (non-hydrogen) atoms. The van der Waals surface area contributed by atoms with E-state index in [9.17, 15) is 4.79 Å². The number of nitrogens with zero attached hydrogens (tertiary/aromatic N) is 4. The van der Waals surface area contributed by atoms with Crippen LogP contribution in [0.25, 0.3) is 11.3 Å². The Morgan fingerprint density at radius 2 is 1.97 bits per heavy atom. The maximum absolute atomic E-state index is 12.6. The van der Waals surface area contributed by atoms with Crippen molar-refractivity contribution >= 4 is 57.3 Å². The number of aromatic nitrogens is 4. The molecular formula is C26H25Cl2N5O2S2. The summed E-state index contributed by atoms with van der Waals surface area (Å²) in [6, 6.07) is 11.3. The molecule has 1 unspecified atom stereocenters. The van der Waals surface area contributed by atoms with Crippen molar-refractivity contribution in [2.24, 2.45) is 0 Å². The molecule has 0 aliphatic rings. The first-order valence-electron chi connectivity index (χ1n) is 11.4. The number of hydrogen-bond acceptors (Lipinski definition) is 7. The maximum atomic E-state index is 12.6. The average molecular weight is 575 g/mol. The van der Waals surface area contributed by atoms with Crippen LogP contribution < -0.4 is 10.1 Å². The quantitative estimate of drug-likeness (QED) is 0.157. The summed E-state index contributed by atoms with van der Waals surface area (Å²) >= 11 is 14.9. The first-order chi connectivity index (χ1) is 17.7. The molecule has 2 aromatic carbocycles. The van der Waals surface area contributed by atoms with E-state index in [4.69, 9.17) is 27.9 Å². The Kier molecular flexibility index (Phi) is 8.91. The zero-order valence-corrected chi connectivity index (χ0v) is 23.6. The predicted octanol–water partition coefficient (Wildman–Crippen LogP) is 7.38. The molecule has 4 rings (SSSR count). The number of nitrogens with one attached hydrogen (secondary N) is 1. The van der Waals surface area contributed by atoms with Crippen LogP contribution in [0.5, 0.6) is 5.75 Å². The third kappa shape index (κ3) is 6.93. The van der Waals surface area contributed by atoms with Crippen molar-refractivity contribution in [3.05, 3.63) is 81.4 Å². The van der Waals surface area contributed by atoms with E-state index >= 15 is 0 Å². The molecule has 0 saturated carbocycles. The largest absolute Gasteiger partial charge is 0.483 e. The summed E-state index contributed by atoms with van der Waals surface area (Å²) in [6.07, 6.45) is 1.42. The molecule has 0 bridgehead atoms. The Morgan fingerprint density at radius 1 is 1.22 bits per heavy atom. The van der Waals surface area contributed by atoms with E-state index in [1.165, 1.54) is 23.1 Å². The highest BCUT2D eigenvalue weighted by Crippen LogP contribution is 2.32. The van der Waals surface area contributed by atoms with Crippen molar-refractivity contribution in [1.29, 1.82) is 0 Å². The Morgan fingerprint density at radius 3 is 2.68 bits per heavy atom. The first kappa shape index (κ1) is 27.2. The van der Waals surface area contributed by atoms with Crippen LogP contribution >= 0.6 is 46.3 Å². The van der Waals surface area contributed by atoms with E-state index in [-0.39, 0.29) is 17.8 Å². The van der Waals surface area contributed by atoms with Gasteiger partial charge in [-0.15, -0.1) is 28.1 Å². The fourth-order valence-electron chi connectivity index (χ4n) is 3.70. The van der Waals surface area contributed by atoms with E-state index in [2.05, 4.69) is 33.1 Å². The number of amides is 1. The van der Waals surface area contributed by atoms with Gasteiger partial charge in [0, 0.05) is 22.5 Å². The van der Waals surface area contributed by atoms with Gasteiger partial charge >= 0.3 is 0 Å². The summed E-state index contributed by atoms with van der Waals surface area (Å²) in [7, 11) is 0. The molecule has 2 heterocycles. The predicted molar refractivity (Wildman–Crippen MR) is 152 cm³/mol. The Balaban J connectivity index is 1.40. The van der Waals surface area contributed by atoms with Crippen molar-refractivity contribution in [2.75, 3.05) is 11.1 Å². The highest BCUT2D eigenvalue weighted by molar-refractivity contribution is 7.99. The fraction of sp³-hybridized carbons (Fsp3) is 0.231. The van der Waals surface area contributed by atoms with Crippen molar-refractivity contribution < 1.29 is 9.53 Å². The molecule has 0 aliphatic carbocycles. The summed E-state index contributed by atoms with van der Waals surface area (Å²) in [5, 5.41) is 15.5. The molecule has 192 valence electrons. The molecular weight excluding hydrogens is 549 g/mol. The van der Waals surface area contributed by atoms with Crippen LogP contribution in [0, 0.1) is 13.8 Å². The van der Waals surface area contributed by atoms with Gasteiger partial charge in [0.1, 0.15) is 5.75 Å². The monoisotopic (exact) mass is 573 g/mol. The normalized spacial score (nSPS) is 11.8. The molecule has 0 radical (unpaired) electrons. The molecule has 0 spiro atoms. The van der Waals surface area contributed by atoms with Crippen molar-refractivity contribution in [3.8, 4) is 17.0 Å². The second-order valence-electron chi connectivity index (χ2n) is 8.32. The van der Waals surface area contributed by atoms with Gasteiger partial charge in [-0.3, -0.25) is 9.36 Å². The summed E-state index contributed by atoms with van der Waals surface area (Å²) in [6.45, 7) is 10.3. The van der Waals surface area contributed by atoms with Crippen LogP contribution in [0.4, 0.5) is 5.13 Å². The van der Waals surface area contributed by atoms with Gasteiger partial charge in [0.2, 0.25) is 5.91 Å². The van der Waals surface area contributed by atoms with Gasteiger partial charge in [0.25, 0.3) is 0 Å². The smallest absolute Gasteiger partial charge is 0.236 e. The molecule has 1 N–H and O–H groups in total. The number of carbonyl (C=O) groups excluding carboxylic acids is 1. The number of ether oxygens (including phenoxy) is 1. The summed E-state index contributed by atoms with van der Waals surface area (Å²) in [5.74, 6) is 1.36. The number of benzene rings is 2. The van der Waals surface area contributed by atoms with Gasteiger partial charge in [-0.2, -0.15) is 0 Å². The zero-order valence-electron chi connectivity index (χ0n) is 20.5. The lowest BCUT2D eigenvalue weighted by molar-refractivity contribution is -0.113. The average Bonchev–Trinajstić information content (AvgIpc) is 3.44. The van der Waals surface area contributed by atoms with Crippen LogP contribution in [0.3, 0.4) is 0 Å². The van der Waals surface area contributed by atoms with Crippen molar-refractivity contribution in [1.82, 2.24) is 19.7 Å².